The van der Waals surface area contributed by atoms with E-state index in [0.29, 0.717) is 0 Å². The molecule has 0 N–H and O–H groups in total. The lowest BCUT2D eigenvalue weighted by Crippen LogP contribution is -2.23. The summed E-state index contributed by atoms with van der Waals surface area (Å²) in [6.45, 7) is 7.20. The molecule has 1 aliphatic heterocycles. The highest BCUT2D eigenvalue weighted by Crippen LogP contribution is 2.30. The number of halogens is 1. The first-order chi connectivity index (χ1) is 8.00. The van der Waals surface area contributed by atoms with Crippen LogP contribution in [0.3, 0.4) is 0 Å². The fourth-order valence-electron chi connectivity index (χ4n) is 2.29. The lowest BCUT2D eigenvalue weighted by atomic mass is 10.1. The smallest absolute Gasteiger partial charge is 0.0779 e. The van der Waals surface area contributed by atoms with Crippen LogP contribution >= 0.6 is 11.6 Å². The molecule has 0 aliphatic carbocycles. The van der Waals surface area contributed by atoms with Gasteiger partial charge in [0, 0.05) is 11.8 Å². The third kappa shape index (κ3) is 3.23. The van der Waals surface area contributed by atoms with Crippen LogP contribution < -0.4 is 0 Å². The van der Waals surface area contributed by atoms with Gasteiger partial charge in [0.2, 0.25) is 0 Å². The Labute approximate surface area is 108 Å². The molecule has 0 radical (unpaired) electrons. The quantitative estimate of drug-likeness (QED) is 0.771. The maximum Gasteiger partial charge on any atom is 0.0779 e. The van der Waals surface area contributed by atoms with Gasteiger partial charge in [-0.2, -0.15) is 5.10 Å². The van der Waals surface area contributed by atoms with Gasteiger partial charge in [0.15, 0.2) is 0 Å². The first-order valence-electron chi connectivity index (χ1n) is 6.34. The first kappa shape index (κ1) is 12.9. The molecule has 96 valence electrons. The van der Waals surface area contributed by atoms with Gasteiger partial charge in [-0.3, -0.25) is 4.68 Å². The van der Waals surface area contributed by atoms with Crippen molar-refractivity contribution in [3.63, 3.8) is 0 Å². The average molecular weight is 257 g/mol. The van der Waals surface area contributed by atoms with E-state index in [1.165, 1.54) is 0 Å². The van der Waals surface area contributed by atoms with Crippen LogP contribution in [-0.2, 0) is 11.3 Å². The van der Waals surface area contributed by atoms with E-state index in [1.54, 1.807) is 0 Å². The van der Waals surface area contributed by atoms with Crippen molar-refractivity contribution in [3.8, 4) is 0 Å². The highest BCUT2D eigenvalue weighted by molar-refractivity contribution is 6.20. The van der Waals surface area contributed by atoms with E-state index < -0.39 is 0 Å². The van der Waals surface area contributed by atoms with E-state index >= 15 is 0 Å². The molecule has 0 bridgehead atoms. The van der Waals surface area contributed by atoms with Gasteiger partial charge < -0.3 is 4.74 Å². The SMILES string of the molecule is CCC(Cl)c1cnn(CC2CCC(C)(C)O2)c1. The molecule has 2 heterocycles. The van der Waals surface area contributed by atoms with Gasteiger partial charge in [-0.15, -0.1) is 11.6 Å². The summed E-state index contributed by atoms with van der Waals surface area (Å²) in [5.74, 6) is 0. The standard InChI is InChI=1S/C13H21ClN2O/c1-4-12(14)10-7-15-16(8-10)9-11-5-6-13(2,3)17-11/h7-8,11-12H,4-6,9H2,1-3H3. The van der Waals surface area contributed by atoms with E-state index in [1.807, 2.05) is 17.1 Å². The number of rotatable bonds is 4. The largest absolute Gasteiger partial charge is 0.370 e. The lowest BCUT2D eigenvalue weighted by molar-refractivity contribution is -0.0229. The Hall–Kier alpha value is -0.540. The monoisotopic (exact) mass is 256 g/mol. The Bertz CT molecular complexity index is 375. The minimum Gasteiger partial charge on any atom is -0.370 e. The summed E-state index contributed by atoms with van der Waals surface area (Å²) >= 11 is 6.18. The number of ether oxygens (including phenoxy) is 1. The number of hydrogen-bond acceptors (Lipinski definition) is 2. The lowest BCUT2D eigenvalue weighted by Gasteiger charge is -2.19. The molecule has 1 fully saturated rings. The molecule has 3 nitrogen and oxygen atoms in total. The van der Waals surface area contributed by atoms with Gasteiger partial charge in [0.1, 0.15) is 0 Å². The molecule has 1 aliphatic rings. The molecule has 2 unspecified atom stereocenters. The fourth-order valence-corrected chi connectivity index (χ4v) is 2.40. The summed E-state index contributed by atoms with van der Waals surface area (Å²) in [6, 6.07) is 0. The molecule has 1 aromatic heterocycles. The minimum atomic E-state index is 0.0269. The second-order valence-electron chi connectivity index (χ2n) is 5.41. The van der Waals surface area contributed by atoms with Crippen molar-refractivity contribution in [3.05, 3.63) is 18.0 Å². The Kier molecular flexibility index (Phi) is 3.79. The minimum absolute atomic E-state index is 0.0269. The predicted molar refractivity (Wildman–Crippen MR) is 69.3 cm³/mol. The third-order valence-corrected chi connectivity index (χ3v) is 3.88. The van der Waals surface area contributed by atoms with Gasteiger partial charge in [0.25, 0.3) is 0 Å². The van der Waals surface area contributed by atoms with Gasteiger partial charge in [-0.05, 0) is 33.1 Å². The number of aromatic nitrogens is 2. The van der Waals surface area contributed by atoms with Crippen molar-refractivity contribution in [2.24, 2.45) is 0 Å². The fraction of sp³-hybridized carbons (Fsp3) is 0.769. The van der Waals surface area contributed by atoms with Gasteiger partial charge in [0.05, 0.1) is 29.8 Å². The van der Waals surface area contributed by atoms with Crippen molar-refractivity contribution in [1.82, 2.24) is 9.78 Å². The molecule has 2 rings (SSSR count). The van der Waals surface area contributed by atoms with Gasteiger partial charge in [-0.1, -0.05) is 6.92 Å². The van der Waals surface area contributed by atoms with Crippen molar-refractivity contribution in [2.45, 2.75) is 63.7 Å². The van der Waals surface area contributed by atoms with Crippen LogP contribution in [0, 0.1) is 0 Å². The Morgan fingerprint density at radius 1 is 1.65 bits per heavy atom. The molecule has 0 spiro atoms. The first-order valence-corrected chi connectivity index (χ1v) is 6.78. The Morgan fingerprint density at radius 3 is 3.00 bits per heavy atom. The molecule has 4 heteroatoms. The predicted octanol–water partition coefficient (Wildman–Crippen LogP) is 3.53. The van der Waals surface area contributed by atoms with Crippen LogP contribution in [0.15, 0.2) is 12.4 Å². The summed E-state index contributed by atoms with van der Waals surface area (Å²) in [6.07, 6.45) is 7.35. The van der Waals surface area contributed by atoms with Gasteiger partial charge in [-0.25, -0.2) is 0 Å². The molecule has 0 saturated carbocycles. The zero-order valence-electron chi connectivity index (χ0n) is 10.8. The summed E-state index contributed by atoms with van der Waals surface area (Å²) in [5, 5.41) is 4.42. The van der Waals surface area contributed by atoms with E-state index in [9.17, 15) is 0 Å². The molecular formula is C13H21ClN2O. The van der Waals surface area contributed by atoms with Crippen molar-refractivity contribution in [1.29, 1.82) is 0 Å². The van der Waals surface area contributed by atoms with E-state index in [-0.39, 0.29) is 17.1 Å². The summed E-state index contributed by atoms with van der Waals surface area (Å²) < 4.78 is 7.91. The highest BCUT2D eigenvalue weighted by atomic mass is 35.5. The summed E-state index contributed by atoms with van der Waals surface area (Å²) in [4.78, 5) is 0. The van der Waals surface area contributed by atoms with Gasteiger partial charge >= 0.3 is 0 Å². The van der Waals surface area contributed by atoms with Crippen LogP contribution in [-0.4, -0.2) is 21.5 Å². The Balaban J connectivity index is 1.94. The highest BCUT2D eigenvalue weighted by Gasteiger charge is 2.31. The van der Waals surface area contributed by atoms with Crippen LogP contribution in [0.2, 0.25) is 0 Å². The second-order valence-corrected chi connectivity index (χ2v) is 5.94. The van der Waals surface area contributed by atoms with Crippen LogP contribution in [0.4, 0.5) is 0 Å². The number of nitrogens with zero attached hydrogens (tertiary/aromatic N) is 2. The molecular weight excluding hydrogens is 236 g/mol. The van der Waals surface area contributed by atoms with Crippen LogP contribution in [0.1, 0.15) is 51.0 Å². The van der Waals surface area contributed by atoms with Crippen LogP contribution in [0.5, 0.6) is 0 Å². The normalized spacial score (nSPS) is 25.1. The topological polar surface area (TPSA) is 27.1 Å². The maximum atomic E-state index is 6.18. The molecule has 1 aromatic rings. The van der Waals surface area contributed by atoms with E-state index in [2.05, 4.69) is 25.9 Å². The van der Waals surface area contributed by atoms with Crippen molar-refractivity contribution >= 4 is 11.6 Å². The van der Waals surface area contributed by atoms with Crippen LogP contribution in [0.25, 0.3) is 0 Å². The zero-order chi connectivity index (χ0) is 12.5. The molecule has 0 amide bonds. The average Bonchev–Trinajstić information content (AvgIpc) is 2.85. The number of alkyl halides is 1. The van der Waals surface area contributed by atoms with E-state index in [0.717, 1.165) is 31.4 Å². The second kappa shape index (κ2) is 4.99. The Morgan fingerprint density at radius 2 is 2.41 bits per heavy atom. The van der Waals surface area contributed by atoms with Crippen molar-refractivity contribution < 1.29 is 4.74 Å². The van der Waals surface area contributed by atoms with E-state index in [4.69, 9.17) is 16.3 Å². The molecule has 17 heavy (non-hydrogen) atoms. The van der Waals surface area contributed by atoms with Crippen molar-refractivity contribution in [2.75, 3.05) is 0 Å². The number of hydrogen-bond donors (Lipinski definition) is 0. The third-order valence-electron chi connectivity index (χ3n) is 3.32. The molecule has 1 saturated heterocycles. The molecule has 0 aromatic carbocycles. The summed E-state index contributed by atoms with van der Waals surface area (Å²) in [5.41, 5.74) is 1.13. The zero-order valence-corrected chi connectivity index (χ0v) is 11.6. The summed E-state index contributed by atoms with van der Waals surface area (Å²) in [7, 11) is 0. The maximum absolute atomic E-state index is 6.18. The molecule has 2 atom stereocenters.